The third-order valence-corrected chi connectivity index (χ3v) is 4.36. The number of hydrogen-bond donors (Lipinski definition) is 1. The van der Waals surface area contributed by atoms with E-state index >= 15 is 0 Å². The van der Waals surface area contributed by atoms with Crippen LogP contribution in [-0.2, 0) is 0 Å². The van der Waals surface area contributed by atoms with Crippen LogP contribution < -0.4 is 5.32 Å². The Morgan fingerprint density at radius 1 is 1.17 bits per heavy atom. The highest BCUT2D eigenvalue weighted by Crippen LogP contribution is 2.31. The third-order valence-electron chi connectivity index (χ3n) is 3.23. The average molecular weight is 260 g/mol. The molecule has 1 N–H and O–H groups in total. The molecule has 3 heteroatoms. The minimum absolute atomic E-state index is 0.247. The number of nitrogens with zero attached hydrogens (tertiary/aromatic N) is 1. The predicted octanol–water partition coefficient (Wildman–Crippen LogP) is 3.69. The van der Waals surface area contributed by atoms with Crippen LogP contribution in [0.4, 0.5) is 0 Å². The van der Waals surface area contributed by atoms with Crippen molar-refractivity contribution in [2.75, 3.05) is 7.05 Å². The molecule has 1 unspecified atom stereocenters. The number of hydrogen-bond acceptors (Lipinski definition) is 3. The normalized spacial score (nSPS) is 12.7. The lowest BCUT2D eigenvalue weighted by atomic mass is 9.97. The number of rotatable bonds is 3. The Balaban J connectivity index is 2.48. The SMILES string of the molecule is CNC(c1ccc(C)cc1C)c1sc(C)nc1C. The molecule has 2 rings (SSSR count). The second kappa shape index (κ2) is 5.21. The van der Waals surface area contributed by atoms with Crippen molar-refractivity contribution in [1.82, 2.24) is 10.3 Å². The summed E-state index contributed by atoms with van der Waals surface area (Å²) in [5.41, 5.74) is 5.12. The van der Waals surface area contributed by atoms with Gasteiger partial charge in [0.2, 0.25) is 0 Å². The summed E-state index contributed by atoms with van der Waals surface area (Å²) in [5, 5.41) is 4.55. The Morgan fingerprint density at radius 3 is 2.39 bits per heavy atom. The van der Waals surface area contributed by atoms with Crippen LogP contribution in [0.2, 0.25) is 0 Å². The number of aromatic nitrogens is 1. The van der Waals surface area contributed by atoms with Crippen molar-refractivity contribution in [3.63, 3.8) is 0 Å². The zero-order chi connectivity index (χ0) is 13.3. The van der Waals surface area contributed by atoms with Gasteiger partial charge >= 0.3 is 0 Å². The van der Waals surface area contributed by atoms with Gasteiger partial charge in [0.25, 0.3) is 0 Å². The molecule has 0 aliphatic carbocycles. The smallest absolute Gasteiger partial charge is 0.0900 e. The first kappa shape index (κ1) is 13.2. The van der Waals surface area contributed by atoms with Crippen molar-refractivity contribution in [2.45, 2.75) is 33.7 Å². The van der Waals surface area contributed by atoms with Crippen LogP contribution in [-0.4, -0.2) is 12.0 Å². The maximum absolute atomic E-state index is 4.53. The van der Waals surface area contributed by atoms with Gasteiger partial charge in [-0.05, 0) is 45.9 Å². The van der Waals surface area contributed by atoms with Crippen LogP contribution in [0.15, 0.2) is 18.2 Å². The molecule has 0 spiro atoms. The highest BCUT2D eigenvalue weighted by Gasteiger charge is 2.19. The van der Waals surface area contributed by atoms with Crippen LogP contribution in [0.25, 0.3) is 0 Å². The van der Waals surface area contributed by atoms with Crippen molar-refractivity contribution >= 4 is 11.3 Å². The molecule has 1 aromatic heterocycles. The first-order valence-corrected chi connectivity index (χ1v) is 7.03. The maximum atomic E-state index is 4.53. The van der Waals surface area contributed by atoms with Gasteiger partial charge in [-0.15, -0.1) is 11.3 Å². The van der Waals surface area contributed by atoms with Crippen molar-refractivity contribution in [2.24, 2.45) is 0 Å². The van der Waals surface area contributed by atoms with E-state index in [1.165, 1.54) is 21.6 Å². The molecular formula is C15H20N2S. The molecule has 2 nitrogen and oxygen atoms in total. The van der Waals surface area contributed by atoms with Crippen molar-refractivity contribution in [3.8, 4) is 0 Å². The molecule has 0 aliphatic heterocycles. The highest BCUT2D eigenvalue weighted by atomic mass is 32.1. The Kier molecular flexibility index (Phi) is 3.83. The molecule has 96 valence electrons. The fourth-order valence-corrected chi connectivity index (χ4v) is 3.45. The molecule has 0 saturated heterocycles. The summed E-state index contributed by atoms with van der Waals surface area (Å²) < 4.78 is 0. The lowest BCUT2D eigenvalue weighted by Crippen LogP contribution is -2.18. The van der Waals surface area contributed by atoms with E-state index < -0.39 is 0 Å². The topological polar surface area (TPSA) is 24.9 Å². The van der Waals surface area contributed by atoms with Gasteiger partial charge in [-0.3, -0.25) is 0 Å². The summed E-state index contributed by atoms with van der Waals surface area (Å²) in [5.74, 6) is 0. The molecule has 0 radical (unpaired) electrons. The van der Waals surface area contributed by atoms with Gasteiger partial charge in [0.15, 0.2) is 0 Å². The summed E-state index contributed by atoms with van der Waals surface area (Å²) in [6, 6.07) is 6.89. The predicted molar refractivity (Wildman–Crippen MR) is 78.4 cm³/mol. The summed E-state index contributed by atoms with van der Waals surface area (Å²) in [6.07, 6.45) is 0. The Morgan fingerprint density at radius 2 is 1.89 bits per heavy atom. The summed E-state index contributed by atoms with van der Waals surface area (Å²) in [6.45, 7) is 8.46. The van der Waals surface area contributed by atoms with E-state index in [9.17, 15) is 0 Å². The molecule has 0 fully saturated rings. The van der Waals surface area contributed by atoms with Gasteiger partial charge in [0, 0.05) is 4.88 Å². The van der Waals surface area contributed by atoms with Gasteiger partial charge in [-0.1, -0.05) is 23.8 Å². The number of aryl methyl sites for hydroxylation is 4. The maximum Gasteiger partial charge on any atom is 0.0900 e. The largest absolute Gasteiger partial charge is 0.309 e. The molecule has 1 atom stereocenters. The van der Waals surface area contributed by atoms with E-state index in [0.717, 1.165) is 10.7 Å². The van der Waals surface area contributed by atoms with E-state index in [4.69, 9.17) is 0 Å². The molecule has 0 bridgehead atoms. The molecule has 2 aromatic rings. The van der Waals surface area contributed by atoms with Gasteiger partial charge in [-0.25, -0.2) is 4.98 Å². The monoisotopic (exact) mass is 260 g/mol. The quantitative estimate of drug-likeness (QED) is 0.910. The molecule has 0 saturated carbocycles. The van der Waals surface area contributed by atoms with E-state index in [1.807, 2.05) is 7.05 Å². The van der Waals surface area contributed by atoms with Gasteiger partial charge in [0.05, 0.1) is 16.7 Å². The number of nitrogens with one attached hydrogen (secondary N) is 1. The van der Waals surface area contributed by atoms with Crippen LogP contribution in [0, 0.1) is 27.7 Å². The van der Waals surface area contributed by atoms with Gasteiger partial charge in [-0.2, -0.15) is 0 Å². The highest BCUT2D eigenvalue weighted by molar-refractivity contribution is 7.11. The summed E-state index contributed by atoms with van der Waals surface area (Å²) in [4.78, 5) is 5.85. The molecule has 18 heavy (non-hydrogen) atoms. The van der Waals surface area contributed by atoms with Crippen LogP contribution >= 0.6 is 11.3 Å². The van der Waals surface area contributed by atoms with Crippen molar-refractivity contribution < 1.29 is 0 Å². The van der Waals surface area contributed by atoms with Gasteiger partial charge in [0.1, 0.15) is 0 Å². The van der Waals surface area contributed by atoms with Crippen molar-refractivity contribution in [1.29, 1.82) is 0 Å². The average Bonchev–Trinajstić information content (AvgIpc) is 2.62. The van der Waals surface area contributed by atoms with E-state index in [1.54, 1.807) is 11.3 Å². The minimum Gasteiger partial charge on any atom is -0.309 e. The lowest BCUT2D eigenvalue weighted by Gasteiger charge is -2.18. The lowest BCUT2D eigenvalue weighted by molar-refractivity contribution is 0.693. The first-order valence-electron chi connectivity index (χ1n) is 6.21. The molecule has 1 heterocycles. The van der Waals surface area contributed by atoms with Crippen LogP contribution in [0.3, 0.4) is 0 Å². The van der Waals surface area contributed by atoms with Crippen molar-refractivity contribution in [3.05, 3.63) is 50.5 Å². The molecule has 0 aliphatic rings. The zero-order valence-electron chi connectivity index (χ0n) is 11.7. The molecule has 0 amide bonds. The second-order valence-electron chi connectivity index (χ2n) is 4.76. The fraction of sp³-hybridized carbons (Fsp3) is 0.400. The third kappa shape index (κ3) is 2.47. The molecule has 1 aromatic carbocycles. The Bertz CT molecular complexity index is 558. The Labute approximate surface area is 113 Å². The van der Waals surface area contributed by atoms with E-state index in [0.29, 0.717) is 0 Å². The van der Waals surface area contributed by atoms with E-state index in [2.05, 4.69) is 56.2 Å². The molecular weight excluding hydrogens is 240 g/mol. The fourth-order valence-electron chi connectivity index (χ4n) is 2.39. The minimum atomic E-state index is 0.247. The number of benzene rings is 1. The first-order chi connectivity index (χ1) is 8.52. The number of thiazole rings is 1. The summed E-state index contributed by atoms with van der Waals surface area (Å²) in [7, 11) is 2.01. The van der Waals surface area contributed by atoms with Crippen LogP contribution in [0.1, 0.15) is 38.3 Å². The van der Waals surface area contributed by atoms with E-state index in [-0.39, 0.29) is 6.04 Å². The summed E-state index contributed by atoms with van der Waals surface area (Å²) >= 11 is 1.78. The Hall–Kier alpha value is -1.19. The zero-order valence-corrected chi connectivity index (χ0v) is 12.5. The standard InChI is InChI=1S/C15H20N2S/c1-9-6-7-13(10(2)8-9)14(16-5)15-11(3)17-12(4)18-15/h6-8,14,16H,1-5H3. The van der Waals surface area contributed by atoms with Crippen LogP contribution in [0.5, 0.6) is 0 Å². The van der Waals surface area contributed by atoms with Gasteiger partial charge < -0.3 is 5.32 Å². The second-order valence-corrected chi connectivity index (χ2v) is 6.00.